The average Bonchev–Trinajstić information content (AvgIpc) is 2.47. The molecule has 4 heteroatoms. The number of nitrogens with zero attached hydrogens (tertiary/aromatic N) is 2. The van der Waals surface area contributed by atoms with E-state index in [1.165, 1.54) is 0 Å². The average molecular weight is 167 g/mol. The minimum absolute atomic E-state index is 0.465. The van der Waals surface area contributed by atoms with Gasteiger partial charge in [0.05, 0.1) is 11.0 Å². The Balaban J connectivity index is 2.70. The van der Waals surface area contributed by atoms with Gasteiger partial charge in [-0.1, -0.05) is 12.1 Å². The van der Waals surface area contributed by atoms with Gasteiger partial charge in [0, 0.05) is 0 Å². The molecule has 0 aliphatic heterocycles. The molecule has 1 aromatic carbocycles. The zero-order valence-electron chi connectivity index (χ0n) is 6.11. The highest BCUT2D eigenvalue weighted by Crippen LogP contribution is 2.18. The minimum atomic E-state index is -2.52. The molecule has 0 aliphatic carbocycles. The number of hydrogen-bond donors (Lipinski definition) is 0. The van der Waals surface area contributed by atoms with Gasteiger partial charge in [0.1, 0.15) is 6.33 Å². The van der Waals surface area contributed by atoms with Crippen LogP contribution in [0.2, 0.25) is 0 Å². The van der Waals surface area contributed by atoms with E-state index in [9.17, 15) is 8.78 Å². The van der Waals surface area contributed by atoms with E-state index in [4.69, 9.17) is 0 Å². The Bertz CT molecular complexity index is 395. The molecule has 0 saturated heterocycles. The molecule has 0 radical (unpaired) electrons. The van der Waals surface area contributed by atoms with Crippen molar-refractivity contribution in [3.63, 3.8) is 0 Å². The molecule has 0 saturated carbocycles. The van der Waals surface area contributed by atoms with Gasteiger partial charge in [-0.25, -0.2) is 4.98 Å². The zero-order valence-corrected chi connectivity index (χ0v) is 6.11. The number of benzene rings is 1. The molecule has 62 valence electrons. The third-order valence-electron chi connectivity index (χ3n) is 1.69. The van der Waals surface area contributed by atoms with Crippen LogP contribution < -0.4 is 0 Å². The SMILES string of the molecule is FC([18F])n1cnc2ccccc21. The summed E-state index contributed by atoms with van der Waals surface area (Å²) in [5.74, 6) is 0. The minimum Gasteiger partial charge on any atom is -0.273 e. The summed E-state index contributed by atoms with van der Waals surface area (Å²) >= 11 is 0. The third-order valence-corrected chi connectivity index (χ3v) is 1.69. The number of halogens is 2. The van der Waals surface area contributed by atoms with Crippen molar-refractivity contribution in [1.29, 1.82) is 0 Å². The van der Waals surface area contributed by atoms with Crippen molar-refractivity contribution in [2.24, 2.45) is 0 Å². The van der Waals surface area contributed by atoms with Crippen LogP contribution in [0, 0.1) is 0 Å². The summed E-state index contributed by atoms with van der Waals surface area (Å²) < 4.78 is 25.3. The summed E-state index contributed by atoms with van der Waals surface area (Å²) in [5.41, 5.74) is 1.06. The van der Waals surface area contributed by atoms with Crippen LogP contribution in [0.3, 0.4) is 0 Å². The lowest BCUT2D eigenvalue weighted by Gasteiger charge is -1.99. The van der Waals surface area contributed by atoms with Gasteiger partial charge in [-0.2, -0.15) is 8.78 Å². The van der Waals surface area contributed by atoms with Crippen LogP contribution in [0.5, 0.6) is 0 Å². The van der Waals surface area contributed by atoms with Gasteiger partial charge in [0.2, 0.25) is 0 Å². The molecule has 0 fully saturated rings. The van der Waals surface area contributed by atoms with Gasteiger partial charge < -0.3 is 0 Å². The molecule has 0 spiro atoms. The number of fused-ring (bicyclic) bond motifs is 1. The highest BCUT2D eigenvalue weighted by molar-refractivity contribution is 5.74. The van der Waals surface area contributed by atoms with Crippen molar-refractivity contribution in [1.82, 2.24) is 9.55 Å². The molecule has 12 heavy (non-hydrogen) atoms. The zero-order chi connectivity index (χ0) is 8.55. The van der Waals surface area contributed by atoms with Crippen molar-refractivity contribution >= 4 is 11.0 Å². The predicted octanol–water partition coefficient (Wildman–Crippen LogP) is 2.43. The molecule has 0 aliphatic rings. The number of aromatic nitrogens is 2. The van der Waals surface area contributed by atoms with Crippen molar-refractivity contribution in [3.8, 4) is 0 Å². The van der Waals surface area contributed by atoms with Crippen molar-refractivity contribution < 1.29 is 8.78 Å². The topological polar surface area (TPSA) is 17.8 Å². The Morgan fingerprint density at radius 1 is 1.25 bits per heavy atom. The lowest BCUT2D eigenvalue weighted by atomic mass is 10.3. The van der Waals surface area contributed by atoms with E-state index in [1.54, 1.807) is 24.3 Å². The lowest BCUT2D eigenvalue weighted by Crippen LogP contribution is -1.94. The van der Waals surface area contributed by atoms with Gasteiger partial charge in [0.25, 0.3) is 0 Å². The van der Waals surface area contributed by atoms with E-state index in [1.807, 2.05) is 0 Å². The summed E-state index contributed by atoms with van der Waals surface area (Å²) in [6.45, 7) is -2.52. The number of para-hydroxylation sites is 2. The number of rotatable bonds is 1. The molecule has 1 atom stereocenters. The quantitative estimate of drug-likeness (QED) is 0.637. The van der Waals surface area contributed by atoms with E-state index in [-0.39, 0.29) is 0 Å². The predicted molar refractivity (Wildman–Crippen MR) is 41.0 cm³/mol. The van der Waals surface area contributed by atoms with E-state index < -0.39 is 6.55 Å². The second-order valence-corrected chi connectivity index (χ2v) is 2.42. The standard InChI is InChI=1S/C8H6F2N2/c9-8(10)12-5-11-6-3-1-2-4-7(6)12/h1-5,8H/i9-1. The summed E-state index contributed by atoms with van der Waals surface area (Å²) in [7, 11) is 0. The second-order valence-electron chi connectivity index (χ2n) is 2.42. The second kappa shape index (κ2) is 2.55. The van der Waals surface area contributed by atoms with E-state index in [0.717, 1.165) is 10.9 Å². The van der Waals surface area contributed by atoms with Gasteiger partial charge in [-0.05, 0) is 12.1 Å². The van der Waals surface area contributed by atoms with Crippen molar-refractivity contribution in [2.75, 3.05) is 0 Å². The van der Waals surface area contributed by atoms with Crippen LogP contribution in [0.1, 0.15) is 6.55 Å². The third kappa shape index (κ3) is 0.958. The normalized spacial score (nSPS) is 13.5. The molecule has 2 rings (SSSR count). The molecule has 2 aromatic rings. The first kappa shape index (κ1) is 7.21. The summed E-state index contributed by atoms with van der Waals surface area (Å²) in [6.07, 6.45) is 1.15. The van der Waals surface area contributed by atoms with Crippen LogP contribution in [-0.4, -0.2) is 9.55 Å². The first-order valence-electron chi connectivity index (χ1n) is 3.49. The molecule has 0 bridgehead atoms. The molecule has 2 nitrogen and oxygen atoms in total. The first-order chi connectivity index (χ1) is 5.79. The fraction of sp³-hybridized carbons (Fsp3) is 0.125. The molecular formula is C8H6F2N2. The van der Waals surface area contributed by atoms with E-state index in [2.05, 4.69) is 4.98 Å². The van der Waals surface area contributed by atoms with E-state index >= 15 is 0 Å². The fourth-order valence-corrected chi connectivity index (χ4v) is 1.13. The monoisotopic (exact) mass is 167 g/mol. The smallest absolute Gasteiger partial charge is 0.273 e. The van der Waals surface area contributed by atoms with Crippen LogP contribution >= 0.6 is 0 Å². The maximum atomic E-state index is 12.3. The molecule has 1 unspecified atom stereocenters. The lowest BCUT2D eigenvalue weighted by molar-refractivity contribution is 0.0746. The van der Waals surface area contributed by atoms with Crippen molar-refractivity contribution in [2.45, 2.75) is 6.55 Å². The van der Waals surface area contributed by atoms with Gasteiger partial charge >= 0.3 is 6.55 Å². The molecular weight excluding hydrogens is 161 g/mol. The molecule has 1 aromatic heterocycles. The highest BCUT2D eigenvalue weighted by atomic mass is 19.2. The Labute approximate surface area is 67.4 Å². The molecule has 1 heterocycles. The van der Waals surface area contributed by atoms with Gasteiger partial charge in [-0.15, -0.1) is 0 Å². The number of alkyl halides is 2. The van der Waals surface area contributed by atoms with Crippen molar-refractivity contribution in [3.05, 3.63) is 30.6 Å². The molecule has 0 N–H and O–H groups in total. The maximum absolute atomic E-state index is 12.3. The van der Waals surface area contributed by atoms with Crippen LogP contribution in [0.15, 0.2) is 30.6 Å². The van der Waals surface area contributed by atoms with E-state index in [0.29, 0.717) is 11.0 Å². The van der Waals surface area contributed by atoms with Gasteiger partial charge in [0.15, 0.2) is 0 Å². The van der Waals surface area contributed by atoms with Crippen LogP contribution in [-0.2, 0) is 0 Å². The Kier molecular flexibility index (Phi) is 1.53. The fourth-order valence-electron chi connectivity index (χ4n) is 1.13. The number of hydrogen-bond acceptors (Lipinski definition) is 1. The first-order valence-corrected chi connectivity index (χ1v) is 3.49. The largest absolute Gasteiger partial charge is 0.320 e. The van der Waals surface area contributed by atoms with Crippen LogP contribution in [0.4, 0.5) is 8.78 Å². The maximum Gasteiger partial charge on any atom is 0.320 e. The highest BCUT2D eigenvalue weighted by Gasteiger charge is 2.08. The van der Waals surface area contributed by atoms with Crippen LogP contribution in [0.25, 0.3) is 11.0 Å². The summed E-state index contributed by atoms with van der Waals surface area (Å²) in [4.78, 5) is 3.82. The summed E-state index contributed by atoms with van der Waals surface area (Å²) in [6, 6.07) is 6.80. The Morgan fingerprint density at radius 2 is 2.00 bits per heavy atom. The number of imidazole rings is 1. The molecule has 0 amide bonds. The summed E-state index contributed by atoms with van der Waals surface area (Å²) in [5, 5.41) is 0. The Morgan fingerprint density at radius 3 is 2.75 bits per heavy atom. The Hall–Kier alpha value is -1.45. The van der Waals surface area contributed by atoms with Gasteiger partial charge in [-0.3, -0.25) is 4.57 Å².